The number of hydrogen-bond acceptors (Lipinski definition) is 5. The average molecular weight is 299 g/mol. The van der Waals surface area contributed by atoms with Gasteiger partial charge in [-0.25, -0.2) is 0 Å². The summed E-state index contributed by atoms with van der Waals surface area (Å²) in [6, 6.07) is -0.184. The van der Waals surface area contributed by atoms with E-state index in [0.717, 1.165) is 65.2 Å². The quantitative estimate of drug-likeness (QED) is 0.564. The summed E-state index contributed by atoms with van der Waals surface area (Å²) in [4.78, 5) is 18.6. The van der Waals surface area contributed by atoms with E-state index in [0.29, 0.717) is 0 Å². The van der Waals surface area contributed by atoms with Crippen LogP contribution in [0.2, 0.25) is 0 Å². The van der Waals surface area contributed by atoms with Crippen molar-refractivity contribution in [3.05, 3.63) is 0 Å². The first-order valence-electron chi connectivity index (χ1n) is 8.15. The first kappa shape index (κ1) is 18.4. The van der Waals surface area contributed by atoms with Crippen LogP contribution < -0.4 is 11.1 Å². The van der Waals surface area contributed by atoms with Crippen molar-refractivity contribution in [2.75, 3.05) is 66.5 Å². The summed E-state index contributed by atoms with van der Waals surface area (Å²) >= 11 is 0. The zero-order valence-electron chi connectivity index (χ0n) is 14.0. The molecule has 0 saturated carbocycles. The number of hydrogen-bond donors (Lipinski definition) is 2. The van der Waals surface area contributed by atoms with Gasteiger partial charge in [-0.2, -0.15) is 0 Å². The van der Waals surface area contributed by atoms with E-state index in [1.807, 2.05) is 0 Å². The van der Waals surface area contributed by atoms with E-state index in [-0.39, 0.29) is 11.9 Å². The molecule has 1 unspecified atom stereocenters. The maximum Gasteiger partial charge on any atom is 0.234 e. The summed E-state index contributed by atoms with van der Waals surface area (Å²) in [5.74, 6) is -0.229. The van der Waals surface area contributed by atoms with Gasteiger partial charge in [0.25, 0.3) is 0 Å². The maximum absolute atomic E-state index is 11.4. The van der Waals surface area contributed by atoms with Crippen molar-refractivity contribution in [3.63, 3.8) is 0 Å². The Bertz CT molecular complexity index is 290. The SMILES string of the molecule is CCCNC(CCN1CCN(CCN(C)C)CC1)C(N)=O. The largest absolute Gasteiger partial charge is 0.368 e. The Labute approximate surface area is 129 Å². The molecule has 6 nitrogen and oxygen atoms in total. The van der Waals surface area contributed by atoms with E-state index in [2.05, 4.69) is 41.0 Å². The van der Waals surface area contributed by atoms with E-state index >= 15 is 0 Å². The predicted octanol–water partition coefficient (Wildman–Crippen LogP) is -0.591. The Morgan fingerprint density at radius 2 is 1.76 bits per heavy atom. The third kappa shape index (κ3) is 7.76. The lowest BCUT2D eigenvalue weighted by Gasteiger charge is -2.35. The van der Waals surface area contributed by atoms with Crippen molar-refractivity contribution in [1.29, 1.82) is 0 Å². The van der Waals surface area contributed by atoms with E-state index in [1.54, 1.807) is 0 Å². The molecule has 0 spiro atoms. The Balaban J connectivity index is 2.20. The summed E-state index contributed by atoms with van der Waals surface area (Å²) in [5.41, 5.74) is 5.45. The van der Waals surface area contributed by atoms with Crippen LogP contribution in [0, 0.1) is 0 Å². The van der Waals surface area contributed by atoms with Crippen LogP contribution in [0.1, 0.15) is 19.8 Å². The molecule has 0 aromatic rings. The van der Waals surface area contributed by atoms with E-state index < -0.39 is 0 Å². The molecular formula is C15H33N5O. The highest BCUT2D eigenvalue weighted by Gasteiger charge is 2.19. The van der Waals surface area contributed by atoms with Crippen LogP contribution in [0.3, 0.4) is 0 Å². The molecule has 21 heavy (non-hydrogen) atoms. The Kier molecular flexibility index (Phi) is 8.84. The number of nitrogens with one attached hydrogen (secondary N) is 1. The smallest absolute Gasteiger partial charge is 0.234 e. The number of nitrogens with two attached hydrogens (primary N) is 1. The molecule has 1 aliphatic heterocycles. The zero-order chi connectivity index (χ0) is 15.7. The third-order valence-corrected chi connectivity index (χ3v) is 4.05. The number of carbonyl (C=O) groups is 1. The zero-order valence-corrected chi connectivity index (χ0v) is 14.0. The number of nitrogens with zero attached hydrogens (tertiary/aromatic N) is 3. The van der Waals surface area contributed by atoms with Gasteiger partial charge in [0.2, 0.25) is 5.91 Å². The summed E-state index contributed by atoms with van der Waals surface area (Å²) in [5, 5.41) is 3.23. The van der Waals surface area contributed by atoms with Crippen LogP contribution >= 0.6 is 0 Å². The lowest BCUT2D eigenvalue weighted by atomic mass is 10.1. The summed E-state index contributed by atoms with van der Waals surface area (Å²) in [6.45, 7) is 10.6. The van der Waals surface area contributed by atoms with Crippen molar-refractivity contribution in [2.24, 2.45) is 5.73 Å². The van der Waals surface area contributed by atoms with Gasteiger partial charge in [0.1, 0.15) is 0 Å². The monoisotopic (exact) mass is 299 g/mol. The first-order chi connectivity index (χ1) is 10.0. The van der Waals surface area contributed by atoms with Gasteiger partial charge < -0.3 is 20.9 Å². The van der Waals surface area contributed by atoms with Crippen molar-refractivity contribution in [3.8, 4) is 0 Å². The van der Waals surface area contributed by atoms with Crippen molar-refractivity contribution in [1.82, 2.24) is 20.0 Å². The lowest BCUT2D eigenvalue weighted by Crippen LogP contribution is -2.50. The molecule has 1 heterocycles. The maximum atomic E-state index is 11.4. The molecule has 124 valence electrons. The molecule has 1 fully saturated rings. The van der Waals surface area contributed by atoms with Crippen LogP contribution in [-0.4, -0.2) is 93.1 Å². The summed E-state index contributed by atoms with van der Waals surface area (Å²) in [6.07, 6.45) is 1.83. The Hall–Kier alpha value is -0.690. The third-order valence-electron chi connectivity index (χ3n) is 4.05. The second-order valence-corrected chi connectivity index (χ2v) is 6.18. The molecule has 1 rings (SSSR count). The molecule has 0 aromatic carbocycles. The normalized spacial score (nSPS) is 19.0. The second kappa shape index (κ2) is 10.1. The average Bonchev–Trinajstić information content (AvgIpc) is 2.46. The molecule has 3 N–H and O–H groups in total. The minimum Gasteiger partial charge on any atom is -0.368 e. The number of rotatable bonds is 10. The molecule has 1 aliphatic rings. The number of amides is 1. The van der Waals surface area contributed by atoms with Gasteiger partial charge in [-0.15, -0.1) is 0 Å². The molecule has 0 aromatic heterocycles. The van der Waals surface area contributed by atoms with Gasteiger partial charge in [-0.1, -0.05) is 6.92 Å². The highest BCUT2D eigenvalue weighted by molar-refractivity contribution is 5.79. The van der Waals surface area contributed by atoms with Crippen LogP contribution in [-0.2, 0) is 4.79 Å². The van der Waals surface area contributed by atoms with Crippen LogP contribution in [0.5, 0.6) is 0 Å². The Morgan fingerprint density at radius 3 is 2.24 bits per heavy atom. The molecular weight excluding hydrogens is 266 g/mol. The second-order valence-electron chi connectivity index (χ2n) is 6.18. The van der Waals surface area contributed by atoms with E-state index in [4.69, 9.17) is 5.73 Å². The predicted molar refractivity (Wildman–Crippen MR) is 87.3 cm³/mol. The number of piperazine rings is 1. The molecule has 0 aliphatic carbocycles. The summed E-state index contributed by atoms with van der Waals surface area (Å²) in [7, 11) is 4.23. The number of primary amides is 1. The van der Waals surface area contributed by atoms with Crippen molar-refractivity contribution >= 4 is 5.91 Å². The van der Waals surface area contributed by atoms with Gasteiger partial charge in [-0.3, -0.25) is 9.69 Å². The molecule has 1 saturated heterocycles. The molecule has 0 bridgehead atoms. The van der Waals surface area contributed by atoms with Gasteiger partial charge in [0.15, 0.2) is 0 Å². The van der Waals surface area contributed by atoms with Crippen molar-refractivity contribution in [2.45, 2.75) is 25.8 Å². The van der Waals surface area contributed by atoms with Crippen LogP contribution in [0.4, 0.5) is 0 Å². The van der Waals surface area contributed by atoms with Crippen LogP contribution in [0.15, 0.2) is 0 Å². The minimum absolute atomic E-state index is 0.184. The fourth-order valence-corrected chi connectivity index (χ4v) is 2.55. The molecule has 1 atom stereocenters. The van der Waals surface area contributed by atoms with Crippen LogP contribution in [0.25, 0.3) is 0 Å². The standard InChI is InChI=1S/C15H33N5O/c1-4-6-17-14(15(16)21)5-7-19-10-12-20(13-11-19)9-8-18(2)3/h14,17H,4-13H2,1-3H3,(H2,16,21). The number of carbonyl (C=O) groups excluding carboxylic acids is 1. The fraction of sp³-hybridized carbons (Fsp3) is 0.933. The highest BCUT2D eigenvalue weighted by Crippen LogP contribution is 2.04. The van der Waals surface area contributed by atoms with E-state index in [9.17, 15) is 4.79 Å². The molecule has 6 heteroatoms. The highest BCUT2D eigenvalue weighted by atomic mass is 16.1. The first-order valence-corrected chi connectivity index (χ1v) is 8.15. The van der Waals surface area contributed by atoms with Crippen molar-refractivity contribution < 1.29 is 4.79 Å². The molecule has 1 amide bonds. The lowest BCUT2D eigenvalue weighted by molar-refractivity contribution is -0.120. The fourth-order valence-electron chi connectivity index (χ4n) is 2.55. The van der Waals surface area contributed by atoms with Gasteiger partial charge >= 0.3 is 0 Å². The van der Waals surface area contributed by atoms with Gasteiger partial charge in [-0.05, 0) is 33.5 Å². The minimum atomic E-state index is -0.229. The molecule has 0 radical (unpaired) electrons. The van der Waals surface area contributed by atoms with Gasteiger partial charge in [0, 0.05) is 45.8 Å². The summed E-state index contributed by atoms with van der Waals surface area (Å²) < 4.78 is 0. The van der Waals surface area contributed by atoms with E-state index in [1.165, 1.54) is 0 Å². The number of likely N-dealkylation sites (N-methyl/N-ethyl adjacent to an activating group) is 1. The Morgan fingerprint density at radius 1 is 1.19 bits per heavy atom. The van der Waals surface area contributed by atoms with Gasteiger partial charge in [0.05, 0.1) is 6.04 Å². The topological polar surface area (TPSA) is 64.8 Å².